The van der Waals surface area contributed by atoms with Crippen molar-refractivity contribution in [3.8, 4) is 34.3 Å². The normalized spacial score (nSPS) is 11.2. The van der Waals surface area contributed by atoms with E-state index < -0.39 is 0 Å². The molecule has 0 fully saturated rings. The quantitative estimate of drug-likeness (QED) is 0.176. The number of benzene rings is 3. The highest BCUT2D eigenvalue weighted by atomic mass is 32.2. The number of amides is 1. The Morgan fingerprint density at radius 2 is 1.63 bits per heavy atom. The largest absolute Gasteiger partial charge is 0.497 e. The molecule has 0 unspecified atom stereocenters. The molecule has 0 saturated heterocycles. The average Bonchev–Trinajstić information content (AvgIpc) is 3.38. The fraction of sp³-hybridized carbons (Fsp3) is 0.214. The molecule has 196 valence electrons. The molecule has 10 heteroatoms. The number of methoxy groups -OCH3 is 3. The highest BCUT2D eigenvalue weighted by molar-refractivity contribution is 7.99. The van der Waals surface area contributed by atoms with Crippen molar-refractivity contribution in [1.29, 1.82) is 0 Å². The molecule has 1 amide bonds. The Morgan fingerprint density at radius 3 is 2.29 bits per heavy atom. The van der Waals surface area contributed by atoms with Gasteiger partial charge in [-0.1, -0.05) is 29.5 Å². The molecule has 0 aliphatic rings. The van der Waals surface area contributed by atoms with Gasteiger partial charge in [0.05, 0.1) is 32.8 Å². The van der Waals surface area contributed by atoms with Crippen LogP contribution in [-0.2, 0) is 4.79 Å². The van der Waals surface area contributed by atoms with Crippen LogP contribution >= 0.6 is 11.8 Å². The van der Waals surface area contributed by atoms with Crippen molar-refractivity contribution in [3.63, 3.8) is 0 Å². The number of aromatic nitrogens is 3. The number of thioether (sulfide) groups is 1. The summed E-state index contributed by atoms with van der Waals surface area (Å²) in [5, 5.41) is 13.7. The van der Waals surface area contributed by atoms with E-state index in [4.69, 9.17) is 14.2 Å². The van der Waals surface area contributed by atoms with Gasteiger partial charge < -0.3 is 14.2 Å². The summed E-state index contributed by atoms with van der Waals surface area (Å²) in [6.45, 7) is 3.84. The molecule has 4 rings (SSSR count). The number of aryl methyl sites for hydroxylation is 1. The molecule has 0 radical (unpaired) electrons. The molecule has 0 spiro atoms. The summed E-state index contributed by atoms with van der Waals surface area (Å²) in [5.74, 6) is 2.47. The van der Waals surface area contributed by atoms with E-state index in [1.807, 2.05) is 79.1 Å². The van der Waals surface area contributed by atoms with E-state index in [9.17, 15) is 4.79 Å². The average molecular weight is 532 g/mol. The van der Waals surface area contributed by atoms with Crippen molar-refractivity contribution >= 4 is 23.4 Å². The summed E-state index contributed by atoms with van der Waals surface area (Å²) in [7, 11) is 4.78. The second-order valence-electron chi connectivity index (χ2n) is 8.30. The molecule has 1 heterocycles. The van der Waals surface area contributed by atoms with E-state index >= 15 is 0 Å². The van der Waals surface area contributed by atoms with E-state index in [1.165, 1.54) is 11.8 Å². The molecule has 0 atom stereocenters. The van der Waals surface area contributed by atoms with E-state index in [0.29, 0.717) is 28.2 Å². The summed E-state index contributed by atoms with van der Waals surface area (Å²) in [6.07, 6.45) is 0. The Hall–Kier alpha value is -4.31. The first-order valence-corrected chi connectivity index (χ1v) is 12.8. The third-order valence-electron chi connectivity index (χ3n) is 5.76. The molecule has 0 aliphatic carbocycles. The lowest BCUT2D eigenvalue weighted by molar-refractivity contribution is -0.118. The summed E-state index contributed by atoms with van der Waals surface area (Å²) < 4.78 is 17.8. The number of rotatable bonds is 10. The zero-order valence-electron chi connectivity index (χ0n) is 21.9. The van der Waals surface area contributed by atoms with Gasteiger partial charge in [-0.25, -0.2) is 5.43 Å². The minimum atomic E-state index is -0.265. The number of nitrogens with one attached hydrogen (secondary N) is 1. The molecule has 3 aromatic carbocycles. The molecule has 9 nitrogen and oxygen atoms in total. The van der Waals surface area contributed by atoms with E-state index in [2.05, 4.69) is 20.7 Å². The predicted octanol–water partition coefficient (Wildman–Crippen LogP) is 4.90. The van der Waals surface area contributed by atoms with Crippen LogP contribution in [0, 0.1) is 6.92 Å². The number of hydrogen-bond donors (Lipinski definition) is 1. The van der Waals surface area contributed by atoms with Gasteiger partial charge in [0, 0.05) is 16.8 Å². The van der Waals surface area contributed by atoms with Gasteiger partial charge >= 0.3 is 0 Å². The molecule has 0 aliphatic heterocycles. The molecule has 4 aromatic rings. The Labute approximate surface area is 225 Å². The van der Waals surface area contributed by atoms with E-state index in [0.717, 1.165) is 28.1 Å². The second kappa shape index (κ2) is 12.3. The van der Waals surface area contributed by atoms with Gasteiger partial charge in [-0.05, 0) is 68.4 Å². The van der Waals surface area contributed by atoms with Crippen LogP contribution in [0.4, 0.5) is 0 Å². The minimum Gasteiger partial charge on any atom is -0.497 e. The Kier molecular flexibility index (Phi) is 8.65. The smallest absolute Gasteiger partial charge is 0.250 e. The Morgan fingerprint density at radius 1 is 0.921 bits per heavy atom. The van der Waals surface area contributed by atoms with Crippen molar-refractivity contribution in [3.05, 3.63) is 77.9 Å². The molecule has 1 aromatic heterocycles. The van der Waals surface area contributed by atoms with Crippen LogP contribution in [0.2, 0.25) is 0 Å². The highest BCUT2D eigenvalue weighted by Gasteiger charge is 2.17. The van der Waals surface area contributed by atoms with Crippen molar-refractivity contribution in [1.82, 2.24) is 20.2 Å². The monoisotopic (exact) mass is 531 g/mol. The van der Waals surface area contributed by atoms with Crippen molar-refractivity contribution in [2.75, 3.05) is 27.1 Å². The van der Waals surface area contributed by atoms with E-state index in [1.54, 1.807) is 27.4 Å². The summed E-state index contributed by atoms with van der Waals surface area (Å²) in [5.41, 5.74) is 6.98. The summed E-state index contributed by atoms with van der Waals surface area (Å²) in [4.78, 5) is 12.7. The maximum Gasteiger partial charge on any atom is 0.250 e. The first-order valence-electron chi connectivity index (χ1n) is 11.8. The van der Waals surface area contributed by atoms with Crippen LogP contribution in [0.5, 0.6) is 17.2 Å². The van der Waals surface area contributed by atoms with Gasteiger partial charge in [0.1, 0.15) is 5.75 Å². The maximum absolute atomic E-state index is 12.7. The van der Waals surface area contributed by atoms with Gasteiger partial charge in [0.25, 0.3) is 5.91 Å². The van der Waals surface area contributed by atoms with Gasteiger partial charge in [0.15, 0.2) is 22.5 Å². The van der Waals surface area contributed by atoms with Gasteiger partial charge in [-0.15, -0.1) is 10.2 Å². The summed E-state index contributed by atoms with van der Waals surface area (Å²) in [6, 6.07) is 21.1. The highest BCUT2D eigenvalue weighted by Crippen LogP contribution is 2.30. The lowest BCUT2D eigenvalue weighted by atomic mass is 10.1. The predicted molar refractivity (Wildman–Crippen MR) is 149 cm³/mol. The lowest BCUT2D eigenvalue weighted by Gasteiger charge is -2.11. The van der Waals surface area contributed by atoms with Crippen molar-refractivity contribution < 1.29 is 19.0 Å². The van der Waals surface area contributed by atoms with E-state index in [-0.39, 0.29) is 11.7 Å². The zero-order chi connectivity index (χ0) is 27.1. The fourth-order valence-electron chi connectivity index (χ4n) is 3.65. The first kappa shape index (κ1) is 26.7. The number of carbonyl (C=O) groups is 1. The zero-order valence-corrected chi connectivity index (χ0v) is 22.7. The third-order valence-corrected chi connectivity index (χ3v) is 6.68. The Bertz CT molecular complexity index is 1430. The topological polar surface area (TPSA) is 99.9 Å². The number of nitrogens with zero attached hydrogens (tertiary/aromatic N) is 4. The second-order valence-corrected chi connectivity index (χ2v) is 9.24. The van der Waals surface area contributed by atoms with Crippen LogP contribution in [0.15, 0.2) is 77.0 Å². The lowest BCUT2D eigenvalue weighted by Crippen LogP contribution is -2.21. The van der Waals surface area contributed by atoms with Crippen molar-refractivity contribution in [2.45, 2.75) is 19.0 Å². The molecule has 0 saturated carbocycles. The molecular weight excluding hydrogens is 502 g/mol. The van der Waals surface area contributed by atoms with Crippen LogP contribution in [-0.4, -0.2) is 53.5 Å². The molecule has 0 bridgehead atoms. The number of carbonyl (C=O) groups excluding carboxylic acids is 1. The molecule has 38 heavy (non-hydrogen) atoms. The molecular formula is C28H29N5O4S. The number of hydrogen-bond acceptors (Lipinski definition) is 8. The third kappa shape index (κ3) is 6.15. The molecule has 1 N–H and O–H groups in total. The van der Waals surface area contributed by atoms with Crippen LogP contribution in [0.25, 0.3) is 17.1 Å². The van der Waals surface area contributed by atoms with Crippen molar-refractivity contribution in [2.24, 2.45) is 5.10 Å². The van der Waals surface area contributed by atoms with Crippen LogP contribution < -0.4 is 19.6 Å². The van der Waals surface area contributed by atoms with Crippen LogP contribution in [0.3, 0.4) is 0 Å². The number of hydrazone groups is 1. The maximum atomic E-state index is 12.7. The fourth-order valence-corrected chi connectivity index (χ4v) is 4.40. The standard InChI is InChI=1S/C28H29N5O4S/c1-18-6-11-22(12-7-18)33-27(20-8-13-23(35-3)14-9-20)31-32-28(33)38-17-26(34)30-29-19(2)21-10-15-24(36-4)25(16-21)37-5/h6-16H,17H2,1-5H3,(H,30,34)/b29-19-. The van der Waals surface area contributed by atoms with Gasteiger partial charge in [-0.2, -0.15) is 5.10 Å². The van der Waals surface area contributed by atoms with Gasteiger partial charge in [0.2, 0.25) is 0 Å². The van der Waals surface area contributed by atoms with Gasteiger partial charge in [-0.3, -0.25) is 9.36 Å². The Balaban J connectivity index is 1.51. The minimum absolute atomic E-state index is 0.106. The SMILES string of the molecule is COc1ccc(-c2nnc(SCC(=O)N/N=C(/C)c3ccc(OC)c(OC)c3)n2-c2ccc(C)cc2)cc1. The summed E-state index contributed by atoms with van der Waals surface area (Å²) >= 11 is 1.28. The number of ether oxygens (including phenoxy) is 3. The first-order chi connectivity index (χ1) is 18.4. The van der Waals surface area contributed by atoms with Crippen LogP contribution in [0.1, 0.15) is 18.1 Å².